The second-order valence-electron chi connectivity index (χ2n) is 3.76. The molecule has 0 aliphatic heterocycles. The number of H-pyrrole nitrogens is 1. The molecule has 1 N–H and O–H groups in total. The number of aromatic nitrogens is 3. The molecule has 0 fully saturated rings. The molecule has 0 saturated heterocycles. The van der Waals surface area contributed by atoms with Crippen molar-refractivity contribution in [2.24, 2.45) is 0 Å². The van der Waals surface area contributed by atoms with E-state index in [-0.39, 0.29) is 0 Å². The van der Waals surface area contributed by atoms with Crippen LogP contribution >= 0.6 is 55.4 Å². The average molecular weight is 417 g/mol. The predicted molar refractivity (Wildman–Crippen MR) is 87.5 cm³/mol. The van der Waals surface area contributed by atoms with E-state index in [1.54, 1.807) is 11.3 Å². The summed E-state index contributed by atoms with van der Waals surface area (Å²) in [6.45, 7) is 0. The van der Waals surface area contributed by atoms with E-state index in [2.05, 4.69) is 42.1 Å². The molecule has 0 radical (unpaired) electrons. The Hall–Kier alpha value is -0.760. The summed E-state index contributed by atoms with van der Waals surface area (Å²) in [6.07, 6.45) is 0. The third-order valence-corrected chi connectivity index (χ3v) is 4.87. The number of nitrogens with one attached hydrogen (secondary N) is 1. The van der Waals surface area contributed by atoms with Gasteiger partial charge in [-0.2, -0.15) is 5.10 Å². The van der Waals surface area contributed by atoms with Crippen molar-refractivity contribution in [3.05, 3.63) is 49.4 Å². The van der Waals surface area contributed by atoms with E-state index in [4.69, 9.17) is 12.2 Å². The van der Waals surface area contributed by atoms with Gasteiger partial charge in [0.05, 0.1) is 10.6 Å². The molecule has 3 rings (SSSR count). The van der Waals surface area contributed by atoms with Crippen LogP contribution in [0, 0.1) is 4.77 Å². The SMILES string of the molecule is S=c1[nH]nc(-c2cccs2)n1-c1cc(Br)ccc1Br. The third kappa shape index (κ3) is 2.47. The van der Waals surface area contributed by atoms with E-state index in [0.29, 0.717) is 4.77 Å². The molecular weight excluding hydrogens is 410 g/mol. The summed E-state index contributed by atoms with van der Waals surface area (Å²) >= 11 is 14.0. The molecule has 0 atom stereocenters. The van der Waals surface area contributed by atoms with Gasteiger partial charge in [-0.1, -0.05) is 22.0 Å². The quantitative estimate of drug-likeness (QED) is 0.583. The smallest absolute Gasteiger partial charge is 0.200 e. The standard InChI is InChI=1S/C12H7Br2N3S2/c13-7-3-4-8(14)9(6-7)17-11(15-16-12(17)18)10-2-1-5-19-10/h1-6H,(H,16,18). The van der Waals surface area contributed by atoms with Crippen LogP contribution in [-0.2, 0) is 0 Å². The Balaban J connectivity index is 2.29. The van der Waals surface area contributed by atoms with Crippen LogP contribution in [0.25, 0.3) is 16.4 Å². The number of nitrogens with zero attached hydrogens (tertiary/aromatic N) is 2. The largest absolute Gasteiger partial charge is 0.266 e. The van der Waals surface area contributed by atoms with Gasteiger partial charge in [0.1, 0.15) is 0 Å². The van der Waals surface area contributed by atoms with E-state index in [9.17, 15) is 0 Å². The molecule has 2 heterocycles. The summed E-state index contributed by atoms with van der Waals surface area (Å²) < 4.78 is 4.45. The number of thiophene rings is 1. The van der Waals surface area contributed by atoms with Gasteiger partial charge >= 0.3 is 0 Å². The van der Waals surface area contributed by atoms with Gasteiger partial charge in [0, 0.05) is 8.95 Å². The van der Waals surface area contributed by atoms with Gasteiger partial charge in [-0.3, -0.25) is 9.67 Å². The molecule has 0 aliphatic carbocycles. The molecular formula is C12H7Br2N3S2. The molecule has 2 aromatic heterocycles. The Bertz CT molecular complexity index is 775. The van der Waals surface area contributed by atoms with E-state index >= 15 is 0 Å². The Labute approximate surface area is 135 Å². The highest BCUT2D eigenvalue weighted by Crippen LogP contribution is 2.30. The third-order valence-electron chi connectivity index (χ3n) is 2.56. The van der Waals surface area contributed by atoms with Crippen molar-refractivity contribution in [1.82, 2.24) is 14.8 Å². The summed E-state index contributed by atoms with van der Waals surface area (Å²) in [5.74, 6) is 0.818. The zero-order chi connectivity index (χ0) is 13.4. The minimum absolute atomic E-state index is 0.571. The lowest BCUT2D eigenvalue weighted by Gasteiger charge is -2.08. The summed E-state index contributed by atoms with van der Waals surface area (Å²) in [6, 6.07) is 9.98. The highest BCUT2D eigenvalue weighted by atomic mass is 79.9. The van der Waals surface area contributed by atoms with E-state index in [1.807, 2.05) is 40.3 Å². The van der Waals surface area contributed by atoms with Crippen LogP contribution in [0.1, 0.15) is 0 Å². The fourth-order valence-electron chi connectivity index (χ4n) is 1.75. The minimum atomic E-state index is 0.571. The molecule has 96 valence electrons. The Kier molecular flexibility index (Phi) is 3.70. The van der Waals surface area contributed by atoms with Crippen molar-refractivity contribution in [2.45, 2.75) is 0 Å². The monoisotopic (exact) mass is 415 g/mol. The van der Waals surface area contributed by atoms with Crippen molar-refractivity contribution in [1.29, 1.82) is 0 Å². The van der Waals surface area contributed by atoms with Crippen molar-refractivity contribution in [3.63, 3.8) is 0 Å². The average Bonchev–Trinajstić information content (AvgIpc) is 3.01. The lowest BCUT2D eigenvalue weighted by atomic mass is 10.3. The molecule has 1 aromatic carbocycles. The second kappa shape index (κ2) is 5.32. The minimum Gasteiger partial charge on any atom is -0.266 e. The second-order valence-corrected chi connectivity index (χ2v) is 6.87. The number of rotatable bonds is 2. The zero-order valence-electron chi connectivity index (χ0n) is 9.43. The molecule has 0 spiro atoms. The fourth-order valence-corrected chi connectivity index (χ4v) is 3.46. The Morgan fingerprint density at radius 3 is 2.84 bits per heavy atom. The molecule has 3 nitrogen and oxygen atoms in total. The van der Waals surface area contributed by atoms with Gasteiger partial charge in [0.2, 0.25) is 0 Å². The fraction of sp³-hybridized carbons (Fsp3) is 0. The Morgan fingerprint density at radius 2 is 2.11 bits per heavy atom. The topological polar surface area (TPSA) is 33.6 Å². The number of halogens is 2. The molecule has 0 unspecified atom stereocenters. The summed E-state index contributed by atoms with van der Waals surface area (Å²) in [4.78, 5) is 1.07. The molecule has 19 heavy (non-hydrogen) atoms. The first kappa shape index (κ1) is 13.2. The van der Waals surface area contributed by atoms with E-state index in [0.717, 1.165) is 25.3 Å². The van der Waals surface area contributed by atoms with E-state index in [1.165, 1.54) is 0 Å². The number of benzene rings is 1. The first-order chi connectivity index (χ1) is 9.16. The first-order valence-electron chi connectivity index (χ1n) is 5.33. The van der Waals surface area contributed by atoms with Gasteiger partial charge in [-0.05, 0) is 57.8 Å². The van der Waals surface area contributed by atoms with Crippen LogP contribution in [0.4, 0.5) is 0 Å². The van der Waals surface area contributed by atoms with Crippen molar-refractivity contribution >= 4 is 55.4 Å². The molecule has 0 aliphatic rings. The van der Waals surface area contributed by atoms with Gasteiger partial charge in [-0.15, -0.1) is 11.3 Å². The Morgan fingerprint density at radius 1 is 1.26 bits per heavy atom. The first-order valence-corrected chi connectivity index (χ1v) is 8.21. The van der Waals surface area contributed by atoms with Crippen molar-refractivity contribution in [2.75, 3.05) is 0 Å². The van der Waals surface area contributed by atoms with Crippen LogP contribution in [0.5, 0.6) is 0 Å². The number of hydrogen-bond acceptors (Lipinski definition) is 3. The van der Waals surface area contributed by atoms with Crippen molar-refractivity contribution in [3.8, 4) is 16.4 Å². The van der Waals surface area contributed by atoms with E-state index < -0.39 is 0 Å². The maximum absolute atomic E-state index is 5.35. The lowest BCUT2D eigenvalue weighted by molar-refractivity contribution is 1.03. The molecule has 0 bridgehead atoms. The van der Waals surface area contributed by atoms with Gasteiger partial charge < -0.3 is 0 Å². The van der Waals surface area contributed by atoms with Gasteiger partial charge in [0.25, 0.3) is 0 Å². The summed E-state index contributed by atoms with van der Waals surface area (Å²) in [5.41, 5.74) is 0.955. The highest BCUT2D eigenvalue weighted by Gasteiger charge is 2.14. The van der Waals surface area contributed by atoms with Gasteiger partial charge in [0.15, 0.2) is 10.6 Å². The van der Waals surface area contributed by atoms with Crippen LogP contribution in [0.15, 0.2) is 44.7 Å². The summed E-state index contributed by atoms with van der Waals surface area (Å²) in [7, 11) is 0. The number of hydrogen-bond donors (Lipinski definition) is 1. The summed E-state index contributed by atoms with van der Waals surface area (Å²) in [5, 5.41) is 9.20. The zero-order valence-corrected chi connectivity index (χ0v) is 14.2. The van der Waals surface area contributed by atoms with Crippen LogP contribution < -0.4 is 0 Å². The molecule has 3 aromatic rings. The number of aromatic amines is 1. The maximum atomic E-state index is 5.35. The van der Waals surface area contributed by atoms with Crippen molar-refractivity contribution < 1.29 is 0 Å². The van der Waals surface area contributed by atoms with Crippen LogP contribution in [-0.4, -0.2) is 14.8 Å². The van der Waals surface area contributed by atoms with Gasteiger partial charge in [-0.25, -0.2) is 0 Å². The predicted octanol–water partition coefficient (Wildman–Crippen LogP) is 5.18. The lowest BCUT2D eigenvalue weighted by Crippen LogP contribution is -1.98. The highest BCUT2D eigenvalue weighted by molar-refractivity contribution is 9.11. The normalized spacial score (nSPS) is 10.8. The molecule has 7 heteroatoms. The molecule has 0 amide bonds. The molecule has 0 saturated carbocycles. The van der Waals surface area contributed by atoms with Crippen LogP contribution in [0.3, 0.4) is 0 Å². The maximum Gasteiger partial charge on any atom is 0.200 e. The van der Waals surface area contributed by atoms with Crippen LogP contribution in [0.2, 0.25) is 0 Å².